The molecule has 6 heteroatoms. The molecule has 0 saturated carbocycles. The van der Waals surface area contributed by atoms with Crippen LogP contribution in [0.5, 0.6) is 5.75 Å². The van der Waals surface area contributed by atoms with Crippen molar-refractivity contribution in [1.82, 2.24) is 4.98 Å². The molecule has 26 heavy (non-hydrogen) atoms. The summed E-state index contributed by atoms with van der Waals surface area (Å²) in [5.74, 6) is 0.283. The van der Waals surface area contributed by atoms with Crippen LogP contribution in [-0.2, 0) is 6.42 Å². The Hall–Kier alpha value is -2.73. The van der Waals surface area contributed by atoms with Crippen molar-refractivity contribution in [1.29, 1.82) is 0 Å². The van der Waals surface area contributed by atoms with E-state index in [1.807, 2.05) is 6.92 Å². The molecule has 0 radical (unpaired) electrons. The fourth-order valence-corrected chi connectivity index (χ4v) is 3.18. The van der Waals surface area contributed by atoms with Crippen molar-refractivity contribution in [2.24, 2.45) is 0 Å². The molecule has 1 N–H and O–H groups in total. The van der Waals surface area contributed by atoms with Crippen LogP contribution in [0.15, 0.2) is 54.7 Å². The van der Waals surface area contributed by atoms with Crippen molar-refractivity contribution >= 4 is 22.4 Å². The van der Waals surface area contributed by atoms with Gasteiger partial charge in [-0.2, -0.15) is 0 Å². The Morgan fingerprint density at radius 3 is 2.58 bits per heavy atom. The first kappa shape index (κ1) is 18.1. The topological polar surface area (TPSA) is 51.2 Å². The Bertz CT molecular complexity index is 860. The van der Waals surface area contributed by atoms with Gasteiger partial charge in [0.15, 0.2) is 5.13 Å². The number of anilines is 1. The molecule has 0 saturated heterocycles. The highest BCUT2D eigenvalue weighted by atomic mass is 32.1. The number of benzene rings is 2. The molecule has 1 amide bonds. The lowest BCUT2D eigenvalue weighted by atomic mass is 10.1. The molecule has 3 aromatic rings. The van der Waals surface area contributed by atoms with Crippen molar-refractivity contribution in [2.45, 2.75) is 19.8 Å². The van der Waals surface area contributed by atoms with Crippen molar-refractivity contribution < 1.29 is 13.9 Å². The van der Waals surface area contributed by atoms with Gasteiger partial charge in [-0.1, -0.05) is 19.1 Å². The Balaban J connectivity index is 1.59. The number of ether oxygens (including phenoxy) is 1. The van der Waals surface area contributed by atoms with Gasteiger partial charge >= 0.3 is 0 Å². The number of rotatable bonds is 7. The van der Waals surface area contributed by atoms with E-state index in [9.17, 15) is 9.18 Å². The molecule has 0 aliphatic carbocycles. The maximum atomic E-state index is 13.0. The second kappa shape index (κ2) is 8.58. The van der Waals surface area contributed by atoms with E-state index < -0.39 is 0 Å². The highest BCUT2D eigenvalue weighted by Crippen LogP contribution is 2.22. The molecule has 0 spiro atoms. The zero-order valence-electron chi connectivity index (χ0n) is 14.4. The normalized spacial score (nSPS) is 10.5. The van der Waals surface area contributed by atoms with E-state index in [0.29, 0.717) is 23.7 Å². The fraction of sp³-hybridized carbons (Fsp3) is 0.200. The molecule has 0 fully saturated rings. The number of carbonyl (C=O) groups excluding carboxylic acids is 1. The minimum atomic E-state index is -0.253. The van der Waals surface area contributed by atoms with Gasteiger partial charge in [-0.05, 0) is 48.4 Å². The largest absolute Gasteiger partial charge is 0.494 e. The van der Waals surface area contributed by atoms with Gasteiger partial charge in [-0.25, -0.2) is 9.37 Å². The van der Waals surface area contributed by atoms with Crippen molar-refractivity contribution in [3.8, 4) is 5.75 Å². The lowest BCUT2D eigenvalue weighted by Gasteiger charge is -2.05. The highest BCUT2D eigenvalue weighted by Gasteiger charge is 2.10. The summed E-state index contributed by atoms with van der Waals surface area (Å²) in [6.45, 7) is 2.70. The van der Waals surface area contributed by atoms with Crippen LogP contribution in [0.25, 0.3) is 0 Å². The summed E-state index contributed by atoms with van der Waals surface area (Å²) >= 11 is 1.41. The molecule has 0 bridgehead atoms. The number of thiazole rings is 1. The van der Waals surface area contributed by atoms with Crippen LogP contribution in [0, 0.1) is 5.82 Å². The smallest absolute Gasteiger partial charge is 0.257 e. The first-order valence-corrected chi connectivity index (χ1v) is 9.19. The van der Waals surface area contributed by atoms with Gasteiger partial charge in [0.1, 0.15) is 11.6 Å². The third-order valence-electron chi connectivity index (χ3n) is 3.65. The second-order valence-corrected chi connectivity index (χ2v) is 6.88. The maximum Gasteiger partial charge on any atom is 0.257 e. The molecule has 2 aromatic carbocycles. The van der Waals surface area contributed by atoms with Crippen molar-refractivity contribution in [2.75, 3.05) is 11.9 Å². The SMILES string of the molecule is CCCOc1ccc(C(=O)Nc2ncc(Cc3ccc(F)cc3)s2)cc1. The van der Waals surface area contributed by atoms with E-state index >= 15 is 0 Å². The number of nitrogens with zero attached hydrogens (tertiary/aromatic N) is 1. The standard InChI is InChI=1S/C20H19FN2O2S/c1-2-11-25-17-9-5-15(6-10-17)19(24)23-20-22-13-18(26-20)12-14-3-7-16(21)8-4-14/h3-10,13H,2,11-12H2,1H3,(H,22,23,24). The van der Waals surface area contributed by atoms with Gasteiger partial charge in [0.2, 0.25) is 0 Å². The highest BCUT2D eigenvalue weighted by molar-refractivity contribution is 7.15. The van der Waals surface area contributed by atoms with E-state index in [4.69, 9.17) is 4.74 Å². The molecule has 0 unspecified atom stereocenters. The third kappa shape index (κ3) is 4.89. The minimum Gasteiger partial charge on any atom is -0.494 e. The lowest BCUT2D eigenvalue weighted by Crippen LogP contribution is -2.11. The van der Waals surface area contributed by atoms with E-state index in [-0.39, 0.29) is 11.7 Å². The number of halogens is 1. The van der Waals surface area contributed by atoms with Crippen molar-refractivity contribution in [3.05, 3.63) is 76.5 Å². The zero-order valence-corrected chi connectivity index (χ0v) is 15.2. The number of aromatic nitrogens is 1. The predicted octanol–water partition coefficient (Wildman–Crippen LogP) is 4.91. The Morgan fingerprint density at radius 2 is 1.88 bits per heavy atom. The minimum absolute atomic E-state index is 0.213. The quantitative estimate of drug-likeness (QED) is 0.643. The van der Waals surface area contributed by atoms with Gasteiger partial charge in [-0.15, -0.1) is 11.3 Å². The average Bonchev–Trinajstić information content (AvgIpc) is 3.09. The van der Waals surface area contributed by atoms with Gasteiger partial charge < -0.3 is 4.74 Å². The van der Waals surface area contributed by atoms with E-state index in [1.165, 1.54) is 23.5 Å². The summed E-state index contributed by atoms with van der Waals surface area (Å²) in [5, 5.41) is 3.34. The number of nitrogens with one attached hydrogen (secondary N) is 1. The number of hydrogen-bond donors (Lipinski definition) is 1. The molecule has 0 aliphatic rings. The molecule has 134 valence electrons. The summed E-state index contributed by atoms with van der Waals surface area (Å²) in [7, 11) is 0. The molecule has 0 aliphatic heterocycles. The summed E-state index contributed by atoms with van der Waals surface area (Å²) in [4.78, 5) is 17.6. The van der Waals surface area contributed by atoms with Crippen LogP contribution in [0.2, 0.25) is 0 Å². The Kier molecular flexibility index (Phi) is 5.96. The van der Waals surface area contributed by atoms with E-state index in [0.717, 1.165) is 22.6 Å². The molecular weight excluding hydrogens is 351 g/mol. The van der Waals surface area contributed by atoms with Gasteiger partial charge in [0.05, 0.1) is 6.61 Å². The van der Waals surface area contributed by atoms with E-state index in [2.05, 4.69) is 10.3 Å². The van der Waals surface area contributed by atoms with Crippen molar-refractivity contribution in [3.63, 3.8) is 0 Å². The van der Waals surface area contributed by atoms with Crippen LogP contribution < -0.4 is 10.1 Å². The molecule has 1 heterocycles. The fourth-order valence-electron chi connectivity index (χ4n) is 2.34. The molecule has 0 atom stereocenters. The number of carbonyl (C=O) groups is 1. The lowest BCUT2D eigenvalue weighted by molar-refractivity contribution is 0.102. The van der Waals surface area contributed by atoms with Gasteiger partial charge in [0, 0.05) is 23.1 Å². The number of amides is 1. The second-order valence-electron chi connectivity index (χ2n) is 5.76. The Labute approximate surface area is 155 Å². The predicted molar refractivity (Wildman–Crippen MR) is 102 cm³/mol. The zero-order chi connectivity index (χ0) is 18.4. The summed E-state index contributed by atoms with van der Waals surface area (Å²) < 4.78 is 18.5. The third-order valence-corrected chi connectivity index (χ3v) is 4.57. The number of hydrogen-bond acceptors (Lipinski definition) is 4. The first-order chi connectivity index (χ1) is 12.6. The maximum absolute atomic E-state index is 13.0. The monoisotopic (exact) mass is 370 g/mol. The molecule has 3 rings (SSSR count). The summed E-state index contributed by atoms with van der Waals surface area (Å²) in [5.41, 5.74) is 1.54. The van der Waals surface area contributed by atoms with Crippen LogP contribution in [-0.4, -0.2) is 17.5 Å². The average molecular weight is 370 g/mol. The summed E-state index contributed by atoms with van der Waals surface area (Å²) in [6.07, 6.45) is 3.31. The van der Waals surface area contributed by atoms with Gasteiger partial charge in [0.25, 0.3) is 5.91 Å². The first-order valence-electron chi connectivity index (χ1n) is 8.37. The van der Waals surface area contributed by atoms with E-state index in [1.54, 1.807) is 42.6 Å². The van der Waals surface area contributed by atoms with Crippen LogP contribution in [0.1, 0.15) is 34.1 Å². The molecule has 4 nitrogen and oxygen atoms in total. The Morgan fingerprint density at radius 1 is 1.15 bits per heavy atom. The van der Waals surface area contributed by atoms with Crippen LogP contribution in [0.4, 0.5) is 9.52 Å². The molecular formula is C20H19FN2O2S. The summed E-state index contributed by atoms with van der Waals surface area (Å²) in [6, 6.07) is 13.4. The van der Waals surface area contributed by atoms with Gasteiger partial charge in [-0.3, -0.25) is 10.1 Å². The van der Waals surface area contributed by atoms with Crippen LogP contribution in [0.3, 0.4) is 0 Å². The molecule has 1 aromatic heterocycles. The van der Waals surface area contributed by atoms with Crippen LogP contribution >= 0.6 is 11.3 Å².